The number of aliphatic hydroxyl groups excluding tert-OH is 2. The van der Waals surface area contributed by atoms with Crippen LogP contribution >= 0.6 is 0 Å². The van der Waals surface area contributed by atoms with Gasteiger partial charge < -0.3 is 15.5 Å². The van der Waals surface area contributed by atoms with Gasteiger partial charge in [0.15, 0.2) is 0 Å². The molecule has 0 aliphatic carbocycles. The second kappa shape index (κ2) is 5.33. The fourth-order valence-corrected chi connectivity index (χ4v) is 1.93. The Morgan fingerprint density at radius 1 is 1.22 bits per heavy atom. The topological polar surface area (TPSA) is 65.4 Å². The molecule has 18 heavy (non-hydrogen) atoms. The average Bonchev–Trinajstić information content (AvgIpc) is 2.37. The molecule has 2 aromatic rings. The number of rotatable bonds is 4. The summed E-state index contributed by atoms with van der Waals surface area (Å²) in [5.74, 6) is 0. The van der Waals surface area contributed by atoms with Gasteiger partial charge in [0.1, 0.15) is 0 Å². The van der Waals surface area contributed by atoms with Gasteiger partial charge in [-0.1, -0.05) is 6.07 Å². The first-order valence-corrected chi connectivity index (χ1v) is 6.01. The molecule has 0 spiro atoms. The van der Waals surface area contributed by atoms with E-state index in [2.05, 4.69) is 10.3 Å². The van der Waals surface area contributed by atoms with Crippen molar-refractivity contribution in [2.75, 3.05) is 18.5 Å². The van der Waals surface area contributed by atoms with Crippen molar-refractivity contribution in [1.29, 1.82) is 0 Å². The zero-order valence-corrected chi connectivity index (χ0v) is 10.6. The summed E-state index contributed by atoms with van der Waals surface area (Å²) in [5.41, 5.74) is 3.97. The summed E-state index contributed by atoms with van der Waals surface area (Å²) >= 11 is 0. The normalized spacial score (nSPS) is 12.7. The zero-order chi connectivity index (χ0) is 13.1. The van der Waals surface area contributed by atoms with Crippen LogP contribution in [0.15, 0.2) is 24.3 Å². The standard InChI is InChI=1S/C14H18N2O2/c1-9-3-6-13-12(5-4-10(2)16-13)14(9)15-7-11(18)8-17/h3-6,11,15,17-18H,7-8H2,1-2H3. The van der Waals surface area contributed by atoms with Gasteiger partial charge in [0.25, 0.3) is 0 Å². The Morgan fingerprint density at radius 2 is 2.00 bits per heavy atom. The van der Waals surface area contributed by atoms with Gasteiger partial charge in [0, 0.05) is 23.3 Å². The van der Waals surface area contributed by atoms with Crippen LogP contribution in [0.1, 0.15) is 11.3 Å². The number of anilines is 1. The Morgan fingerprint density at radius 3 is 2.72 bits per heavy atom. The lowest BCUT2D eigenvalue weighted by atomic mass is 10.1. The number of hydrogen-bond acceptors (Lipinski definition) is 4. The molecule has 0 aliphatic rings. The first-order chi connectivity index (χ1) is 8.61. The van der Waals surface area contributed by atoms with E-state index in [1.165, 1.54) is 0 Å². The Hall–Kier alpha value is -1.65. The number of aromatic nitrogens is 1. The molecule has 4 heteroatoms. The van der Waals surface area contributed by atoms with E-state index in [1.54, 1.807) is 0 Å². The summed E-state index contributed by atoms with van der Waals surface area (Å²) in [6, 6.07) is 7.99. The van der Waals surface area contributed by atoms with Gasteiger partial charge in [0.2, 0.25) is 0 Å². The maximum Gasteiger partial charge on any atom is 0.0942 e. The Bertz CT molecular complexity index is 555. The van der Waals surface area contributed by atoms with E-state index in [4.69, 9.17) is 5.11 Å². The van der Waals surface area contributed by atoms with Crippen LogP contribution in [0.25, 0.3) is 10.9 Å². The molecule has 0 saturated heterocycles. The quantitative estimate of drug-likeness (QED) is 0.767. The molecule has 0 radical (unpaired) electrons. The second-order valence-electron chi connectivity index (χ2n) is 4.49. The fraction of sp³-hybridized carbons (Fsp3) is 0.357. The first kappa shape index (κ1) is 12.8. The number of nitrogens with zero attached hydrogens (tertiary/aromatic N) is 1. The van der Waals surface area contributed by atoms with E-state index in [1.807, 2.05) is 38.1 Å². The highest BCUT2D eigenvalue weighted by Gasteiger charge is 2.08. The van der Waals surface area contributed by atoms with E-state index in [0.717, 1.165) is 27.8 Å². The number of aliphatic hydroxyl groups is 2. The van der Waals surface area contributed by atoms with Gasteiger partial charge in [-0.15, -0.1) is 0 Å². The minimum atomic E-state index is -0.752. The minimum Gasteiger partial charge on any atom is -0.394 e. The predicted molar refractivity (Wildman–Crippen MR) is 72.8 cm³/mol. The van der Waals surface area contributed by atoms with Gasteiger partial charge in [-0.3, -0.25) is 4.98 Å². The molecule has 0 saturated carbocycles. The molecule has 2 rings (SSSR count). The van der Waals surface area contributed by atoms with Crippen molar-refractivity contribution in [2.24, 2.45) is 0 Å². The van der Waals surface area contributed by atoms with Crippen molar-refractivity contribution in [1.82, 2.24) is 4.98 Å². The van der Waals surface area contributed by atoms with Crippen LogP contribution in [0.4, 0.5) is 5.69 Å². The van der Waals surface area contributed by atoms with Gasteiger partial charge in [-0.25, -0.2) is 0 Å². The molecule has 3 N–H and O–H groups in total. The van der Waals surface area contributed by atoms with Crippen molar-refractivity contribution in [3.8, 4) is 0 Å². The maximum absolute atomic E-state index is 9.40. The Labute approximate surface area is 106 Å². The van der Waals surface area contributed by atoms with Crippen molar-refractivity contribution >= 4 is 16.6 Å². The van der Waals surface area contributed by atoms with E-state index < -0.39 is 6.10 Å². The molecule has 96 valence electrons. The van der Waals surface area contributed by atoms with Crippen molar-refractivity contribution in [2.45, 2.75) is 20.0 Å². The van der Waals surface area contributed by atoms with Gasteiger partial charge in [0.05, 0.1) is 18.2 Å². The molecule has 0 amide bonds. The average molecular weight is 246 g/mol. The third kappa shape index (κ3) is 2.60. The highest BCUT2D eigenvalue weighted by Crippen LogP contribution is 2.26. The molecule has 1 aromatic heterocycles. The summed E-state index contributed by atoms with van der Waals surface area (Å²) in [6.07, 6.45) is -0.752. The third-order valence-electron chi connectivity index (χ3n) is 2.94. The SMILES string of the molecule is Cc1ccc2c(NCC(O)CO)c(C)ccc2n1. The minimum absolute atomic E-state index is 0.242. The number of pyridine rings is 1. The van der Waals surface area contributed by atoms with Gasteiger partial charge in [-0.05, 0) is 37.6 Å². The van der Waals surface area contributed by atoms with Crippen LogP contribution < -0.4 is 5.32 Å². The van der Waals surface area contributed by atoms with Crippen LogP contribution in [-0.2, 0) is 0 Å². The number of nitrogens with one attached hydrogen (secondary N) is 1. The summed E-state index contributed by atoms with van der Waals surface area (Å²) < 4.78 is 0. The van der Waals surface area contributed by atoms with E-state index in [0.29, 0.717) is 6.54 Å². The number of fused-ring (bicyclic) bond motifs is 1. The van der Waals surface area contributed by atoms with Crippen LogP contribution in [0, 0.1) is 13.8 Å². The van der Waals surface area contributed by atoms with E-state index in [9.17, 15) is 5.11 Å². The van der Waals surface area contributed by atoms with Crippen molar-refractivity contribution in [3.63, 3.8) is 0 Å². The largest absolute Gasteiger partial charge is 0.394 e. The van der Waals surface area contributed by atoms with Crippen LogP contribution in [0.3, 0.4) is 0 Å². The highest BCUT2D eigenvalue weighted by atomic mass is 16.3. The number of hydrogen-bond donors (Lipinski definition) is 3. The Kier molecular flexibility index (Phi) is 3.79. The molecular formula is C14H18N2O2. The third-order valence-corrected chi connectivity index (χ3v) is 2.94. The van der Waals surface area contributed by atoms with E-state index >= 15 is 0 Å². The zero-order valence-electron chi connectivity index (χ0n) is 10.6. The molecule has 4 nitrogen and oxygen atoms in total. The number of benzene rings is 1. The summed E-state index contributed by atoms with van der Waals surface area (Å²) in [7, 11) is 0. The summed E-state index contributed by atoms with van der Waals surface area (Å²) in [5, 5.41) is 22.4. The Balaban J connectivity index is 2.38. The molecule has 1 unspecified atom stereocenters. The summed E-state index contributed by atoms with van der Waals surface area (Å²) in [4.78, 5) is 4.47. The van der Waals surface area contributed by atoms with Gasteiger partial charge >= 0.3 is 0 Å². The lowest BCUT2D eigenvalue weighted by Crippen LogP contribution is -2.23. The lowest BCUT2D eigenvalue weighted by molar-refractivity contribution is 0.105. The molecule has 1 aromatic carbocycles. The van der Waals surface area contributed by atoms with Gasteiger partial charge in [-0.2, -0.15) is 0 Å². The molecule has 0 aliphatic heterocycles. The second-order valence-corrected chi connectivity index (χ2v) is 4.49. The summed E-state index contributed by atoms with van der Waals surface area (Å²) in [6.45, 7) is 4.05. The fourth-order valence-electron chi connectivity index (χ4n) is 1.93. The van der Waals surface area contributed by atoms with Crippen molar-refractivity contribution < 1.29 is 10.2 Å². The smallest absolute Gasteiger partial charge is 0.0942 e. The first-order valence-electron chi connectivity index (χ1n) is 6.01. The van der Waals surface area contributed by atoms with E-state index in [-0.39, 0.29) is 6.61 Å². The molecular weight excluding hydrogens is 228 g/mol. The lowest BCUT2D eigenvalue weighted by Gasteiger charge is -2.15. The van der Waals surface area contributed by atoms with Crippen molar-refractivity contribution in [3.05, 3.63) is 35.5 Å². The van der Waals surface area contributed by atoms with Crippen LogP contribution in [0.2, 0.25) is 0 Å². The molecule has 0 bridgehead atoms. The van der Waals surface area contributed by atoms with Crippen LogP contribution in [-0.4, -0.2) is 34.5 Å². The molecule has 1 atom stereocenters. The van der Waals surface area contributed by atoms with Crippen LogP contribution in [0.5, 0.6) is 0 Å². The number of aryl methyl sites for hydroxylation is 2. The predicted octanol–water partition coefficient (Wildman–Crippen LogP) is 1.62. The highest BCUT2D eigenvalue weighted by molar-refractivity contribution is 5.93. The molecule has 0 fully saturated rings. The maximum atomic E-state index is 9.40. The molecule has 1 heterocycles. The monoisotopic (exact) mass is 246 g/mol.